The topological polar surface area (TPSA) is 129 Å². The molecule has 206 valence electrons. The normalized spacial score (nSPS) is 54.3. The van der Waals surface area contributed by atoms with Crippen molar-refractivity contribution in [2.45, 2.75) is 94.9 Å². The van der Waals surface area contributed by atoms with Crippen LogP contribution in [0.1, 0.15) is 66.2 Å². The third-order valence-electron chi connectivity index (χ3n) is 11.4. The molecule has 0 radical (unpaired) electrons. The number of fused-ring (bicyclic) bond motifs is 3. The van der Waals surface area contributed by atoms with Gasteiger partial charge >= 0.3 is 11.9 Å². The second-order valence-electron chi connectivity index (χ2n) is 13.5. The molecule has 7 rings (SSSR count). The molecule has 38 heavy (non-hydrogen) atoms. The number of rotatable bonds is 3. The predicted molar refractivity (Wildman–Crippen MR) is 130 cm³/mol. The first-order valence-electron chi connectivity index (χ1n) is 13.9. The van der Waals surface area contributed by atoms with Crippen LogP contribution in [0.5, 0.6) is 0 Å². The molecule has 6 fully saturated rings. The zero-order valence-electron chi connectivity index (χ0n) is 22.3. The summed E-state index contributed by atoms with van der Waals surface area (Å²) < 4.78 is 24.3. The molecule has 7 aliphatic rings. The van der Waals surface area contributed by atoms with Crippen LogP contribution in [-0.4, -0.2) is 63.2 Å². The van der Waals surface area contributed by atoms with E-state index in [9.17, 15) is 24.6 Å². The molecular weight excluding hydrogens is 492 g/mol. The fraction of sp³-hybridized carbons (Fsp3) is 0.759. The quantitative estimate of drug-likeness (QED) is 0.530. The fourth-order valence-electron chi connectivity index (χ4n) is 9.71. The highest BCUT2D eigenvalue weighted by atomic mass is 16.7. The van der Waals surface area contributed by atoms with Gasteiger partial charge in [-0.2, -0.15) is 0 Å². The van der Waals surface area contributed by atoms with Gasteiger partial charge in [0.25, 0.3) is 0 Å². The SMILES string of the molecule is CC1=C/C(=C/[C@@H](C)[C@@H]2[C@H]3[C@]2(C)CC[C@]24C[C@]56OC(=O)C[C@H]5O[C@@](C)(CO)[C@@H]6CC[C@H]2C(=O)[C@@]3(O)O4)OC1=O. The van der Waals surface area contributed by atoms with Gasteiger partial charge in [-0.25, -0.2) is 4.79 Å². The molecule has 4 saturated heterocycles. The average Bonchev–Trinajstić information content (AvgIpc) is 3.06. The van der Waals surface area contributed by atoms with Crippen molar-refractivity contribution in [3.8, 4) is 0 Å². The van der Waals surface area contributed by atoms with Crippen LogP contribution in [0, 0.1) is 35.0 Å². The van der Waals surface area contributed by atoms with Crippen LogP contribution in [0.3, 0.4) is 0 Å². The van der Waals surface area contributed by atoms with Crippen molar-refractivity contribution in [3.05, 3.63) is 23.5 Å². The number of allylic oxidation sites excluding steroid dienone is 2. The molecule has 0 amide bonds. The molecule has 0 aromatic heterocycles. The molecule has 9 nitrogen and oxygen atoms in total. The molecule has 5 heterocycles. The highest BCUT2D eigenvalue weighted by Crippen LogP contribution is 2.75. The molecule has 0 aromatic rings. The maximum Gasteiger partial charge on any atom is 0.339 e. The number of ketones is 1. The predicted octanol–water partition coefficient (Wildman–Crippen LogP) is 2.33. The molecule has 11 atom stereocenters. The van der Waals surface area contributed by atoms with Crippen molar-refractivity contribution in [1.29, 1.82) is 0 Å². The van der Waals surface area contributed by atoms with Gasteiger partial charge in [0.2, 0.25) is 5.79 Å². The van der Waals surface area contributed by atoms with Crippen molar-refractivity contribution in [3.63, 3.8) is 0 Å². The molecule has 0 unspecified atom stereocenters. The van der Waals surface area contributed by atoms with E-state index in [1.54, 1.807) is 13.0 Å². The first-order valence-corrected chi connectivity index (χ1v) is 13.9. The number of aliphatic hydroxyl groups excluding tert-OH is 1. The third kappa shape index (κ3) is 2.89. The summed E-state index contributed by atoms with van der Waals surface area (Å²) in [5.41, 5.74) is -2.61. The first kappa shape index (κ1) is 24.9. The van der Waals surface area contributed by atoms with Gasteiger partial charge in [-0.3, -0.25) is 9.59 Å². The average molecular weight is 529 g/mol. The van der Waals surface area contributed by atoms with Crippen molar-refractivity contribution in [2.24, 2.45) is 35.0 Å². The lowest BCUT2D eigenvalue weighted by molar-refractivity contribution is -0.243. The molecule has 2 N–H and O–H groups in total. The van der Waals surface area contributed by atoms with Gasteiger partial charge in [0, 0.05) is 23.8 Å². The summed E-state index contributed by atoms with van der Waals surface area (Å²) in [5.74, 6) is -3.63. The summed E-state index contributed by atoms with van der Waals surface area (Å²) in [6, 6.07) is 0. The highest BCUT2D eigenvalue weighted by molar-refractivity contribution is 5.93. The summed E-state index contributed by atoms with van der Waals surface area (Å²) in [6.45, 7) is 7.50. The number of esters is 2. The number of aliphatic hydroxyl groups is 2. The summed E-state index contributed by atoms with van der Waals surface area (Å²) in [6.07, 6.45) is 5.81. The van der Waals surface area contributed by atoms with Crippen molar-refractivity contribution in [2.75, 3.05) is 6.61 Å². The van der Waals surface area contributed by atoms with E-state index in [-0.39, 0.29) is 66.3 Å². The Hall–Kier alpha value is -2.07. The van der Waals surface area contributed by atoms with Gasteiger partial charge in [-0.05, 0) is 68.9 Å². The minimum Gasteiger partial charge on any atom is -0.456 e. The highest BCUT2D eigenvalue weighted by Gasteiger charge is 2.82. The van der Waals surface area contributed by atoms with Gasteiger partial charge in [-0.15, -0.1) is 0 Å². The molecule has 9 heteroatoms. The molecule has 5 aliphatic heterocycles. The summed E-state index contributed by atoms with van der Waals surface area (Å²) in [4.78, 5) is 38.4. The Morgan fingerprint density at radius 3 is 2.63 bits per heavy atom. The zero-order valence-corrected chi connectivity index (χ0v) is 22.3. The van der Waals surface area contributed by atoms with E-state index in [0.29, 0.717) is 30.6 Å². The van der Waals surface area contributed by atoms with Crippen LogP contribution in [0.25, 0.3) is 0 Å². The van der Waals surface area contributed by atoms with Crippen molar-refractivity contribution in [1.82, 2.24) is 0 Å². The standard InChI is InChI=1S/C29H36O9/c1-14(9-16-10-15(2)24(33)35-16)21-22-25(21,3)7-8-27-12-28-18(6-5-17(27)23(32)29(22,34)38-27)26(4,13-30)36-19(28)11-20(31)37-28/h9-10,14,17-19,21-22,30,34H,5-8,11-13H2,1-4H3/b16-9-/t14-,17+,18+,19-,21-,22+,25-,26+,27+,28-,29+/m1/s1. The zero-order chi connectivity index (χ0) is 27.0. The number of ether oxygens (including phenoxy) is 4. The number of hydrogen-bond acceptors (Lipinski definition) is 9. The fourth-order valence-corrected chi connectivity index (χ4v) is 9.71. The number of Topliss-reactive ketones (excluding diaryl/α,β-unsaturated/α-hetero) is 1. The second kappa shape index (κ2) is 7.36. The Morgan fingerprint density at radius 1 is 1.18 bits per heavy atom. The summed E-state index contributed by atoms with van der Waals surface area (Å²) in [5, 5.41) is 22.3. The molecule has 2 saturated carbocycles. The first-order chi connectivity index (χ1) is 17.8. The number of carbonyl (C=O) groups is 3. The van der Waals surface area contributed by atoms with Crippen LogP contribution in [0.4, 0.5) is 0 Å². The van der Waals surface area contributed by atoms with E-state index >= 15 is 0 Å². The minimum atomic E-state index is -1.92. The Labute approximate surface area is 221 Å². The molecular formula is C29H36O9. The van der Waals surface area contributed by atoms with Crippen LogP contribution < -0.4 is 0 Å². The van der Waals surface area contributed by atoms with Crippen molar-refractivity contribution < 1.29 is 43.5 Å². The van der Waals surface area contributed by atoms with E-state index < -0.39 is 34.6 Å². The number of hydrogen-bond donors (Lipinski definition) is 2. The van der Waals surface area contributed by atoms with Crippen molar-refractivity contribution >= 4 is 17.7 Å². The summed E-state index contributed by atoms with van der Waals surface area (Å²) >= 11 is 0. The lowest BCUT2D eigenvalue weighted by atomic mass is 9.69. The van der Waals surface area contributed by atoms with Crippen LogP contribution in [-0.2, 0) is 33.3 Å². The number of carbonyl (C=O) groups excluding carboxylic acids is 3. The lowest BCUT2D eigenvalue weighted by Gasteiger charge is -2.41. The smallest absolute Gasteiger partial charge is 0.339 e. The Morgan fingerprint density at radius 2 is 1.95 bits per heavy atom. The Balaban J connectivity index is 1.23. The monoisotopic (exact) mass is 528 g/mol. The van der Waals surface area contributed by atoms with Gasteiger partial charge in [0.05, 0.1) is 30.1 Å². The Kier molecular flexibility index (Phi) is 4.83. The third-order valence-corrected chi connectivity index (χ3v) is 11.4. The summed E-state index contributed by atoms with van der Waals surface area (Å²) in [7, 11) is 0. The van der Waals surface area contributed by atoms with E-state index in [0.717, 1.165) is 6.42 Å². The van der Waals surface area contributed by atoms with Gasteiger partial charge in [0.1, 0.15) is 17.5 Å². The van der Waals surface area contributed by atoms with Gasteiger partial charge in [-0.1, -0.05) is 13.8 Å². The van der Waals surface area contributed by atoms with Gasteiger partial charge in [0.15, 0.2) is 5.78 Å². The largest absolute Gasteiger partial charge is 0.456 e. The van der Waals surface area contributed by atoms with Crippen LogP contribution >= 0.6 is 0 Å². The molecule has 2 aliphatic carbocycles. The molecule has 2 spiro atoms. The van der Waals surface area contributed by atoms with E-state index in [4.69, 9.17) is 18.9 Å². The number of cyclic esters (lactones) is 1. The van der Waals surface area contributed by atoms with Gasteiger partial charge < -0.3 is 29.2 Å². The molecule has 2 bridgehead atoms. The second-order valence-corrected chi connectivity index (χ2v) is 13.5. The minimum absolute atomic E-state index is 0.0212. The van der Waals surface area contributed by atoms with Crippen LogP contribution in [0.15, 0.2) is 23.5 Å². The Bertz CT molecular complexity index is 1220. The van der Waals surface area contributed by atoms with E-state index in [2.05, 4.69) is 6.92 Å². The van der Waals surface area contributed by atoms with Crippen LogP contribution in [0.2, 0.25) is 0 Å². The lowest BCUT2D eigenvalue weighted by Crippen LogP contribution is -2.52. The maximum atomic E-state index is 14.1. The van der Waals surface area contributed by atoms with E-state index in [1.165, 1.54) is 0 Å². The molecule has 0 aromatic carbocycles. The maximum absolute atomic E-state index is 14.1. The van der Waals surface area contributed by atoms with E-state index in [1.807, 2.05) is 19.9 Å².